The van der Waals surface area contributed by atoms with E-state index in [4.69, 9.17) is 14.5 Å². The molecular weight excluding hydrogens is 536 g/mol. The third-order valence-electron chi connectivity index (χ3n) is 6.97. The number of pyridine rings is 1. The van der Waals surface area contributed by atoms with E-state index in [0.29, 0.717) is 36.0 Å². The molecule has 204 valence electrons. The van der Waals surface area contributed by atoms with Crippen LogP contribution in [0.25, 0.3) is 10.2 Å². The van der Waals surface area contributed by atoms with Gasteiger partial charge in [0.2, 0.25) is 15.9 Å². The van der Waals surface area contributed by atoms with Gasteiger partial charge in [-0.05, 0) is 67.3 Å². The van der Waals surface area contributed by atoms with Crippen molar-refractivity contribution < 1.29 is 22.7 Å². The molecule has 2 aromatic heterocycles. The number of rotatable bonds is 8. The number of sulfonamides is 1. The highest BCUT2D eigenvalue weighted by Crippen LogP contribution is 2.38. The number of nitrogens with zero attached hydrogens (tertiary/aromatic N) is 4. The summed E-state index contributed by atoms with van der Waals surface area (Å²) in [6.07, 6.45) is 4.28. The zero-order chi connectivity index (χ0) is 27.6. The van der Waals surface area contributed by atoms with Gasteiger partial charge in [0.1, 0.15) is 17.0 Å². The Hall–Kier alpha value is -3.54. The quantitative estimate of drug-likeness (QED) is 0.306. The van der Waals surface area contributed by atoms with Gasteiger partial charge in [0, 0.05) is 31.4 Å². The van der Waals surface area contributed by atoms with Crippen LogP contribution in [0, 0.1) is 12.8 Å². The fraction of sp³-hybridized carbons (Fsp3) is 0.321. The van der Waals surface area contributed by atoms with E-state index in [-0.39, 0.29) is 29.8 Å². The fourth-order valence-electron chi connectivity index (χ4n) is 4.75. The highest BCUT2D eigenvalue weighted by molar-refractivity contribution is 7.89. The summed E-state index contributed by atoms with van der Waals surface area (Å²) in [6, 6.07) is 14.0. The van der Waals surface area contributed by atoms with E-state index in [1.54, 1.807) is 48.7 Å². The van der Waals surface area contributed by atoms with E-state index >= 15 is 0 Å². The molecule has 39 heavy (non-hydrogen) atoms. The normalized spacial score (nSPS) is 14.8. The molecule has 9 nitrogen and oxygen atoms in total. The van der Waals surface area contributed by atoms with Crippen molar-refractivity contribution >= 4 is 42.6 Å². The summed E-state index contributed by atoms with van der Waals surface area (Å²) >= 11 is 1.46. The summed E-state index contributed by atoms with van der Waals surface area (Å²) in [4.78, 5) is 24.9. The maximum absolute atomic E-state index is 14.0. The van der Waals surface area contributed by atoms with Crippen molar-refractivity contribution in [2.45, 2.75) is 31.2 Å². The number of hydrogen-bond donors (Lipinski definition) is 0. The molecule has 4 aromatic rings. The van der Waals surface area contributed by atoms with Crippen LogP contribution in [0.2, 0.25) is 0 Å². The number of thiazole rings is 1. The topological polar surface area (TPSA) is 102 Å². The smallest absolute Gasteiger partial charge is 0.243 e. The van der Waals surface area contributed by atoms with Gasteiger partial charge in [-0.15, -0.1) is 0 Å². The molecular formula is C28H30N4O5S2. The molecule has 1 fully saturated rings. The summed E-state index contributed by atoms with van der Waals surface area (Å²) in [5, 5.41) is 0.583. The molecule has 0 saturated carbocycles. The van der Waals surface area contributed by atoms with Crippen LogP contribution in [-0.2, 0) is 21.4 Å². The van der Waals surface area contributed by atoms with Crippen LogP contribution < -0.4 is 14.4 Å². The zero-order valence-corrected chi connectivity index (χ0v) is 23.7. The van der Waals surface area contributed by atoms with Crippen LogP contribution in [0.5, 0.6) is 11.5 Å². The number of methoxy groups -OCH3 is 2. The number of carbonyl (C=O) groups excluding carboxylic acids is 1. The Balaban J connectivity index is 1.39. The SMILES string of the molecule is COc1ccc(S(=O)(=O)N2CCC(C(=O)N(Cc3cccnc3)c3nc4c(OC)ccc(C)c4s3)CC2)cc1. The predicted octanol–water partition coefficient (Wildman–Crippen LogP) is 4.65. The minimum absolute atomic E-state index is 0.0731. The summed E-state index contributed by atoms with van der Waals surface area (Å²) < 4.78 is 39.5. The van der Waals surface area contributed by atoms with Gasteiger partial charge in [-0.2, -0.15) is 4.31 Å². The van der Waals surface area contributed by atoms with Gasteiger partial charge in [-0.25, -0.2) is 13.4 Å². The molecule has 0 spiro atoms. The van der Waals surface area contributed by atoms with Gasteiger partial charge in [-0.1, -0.05) is 23.5 Å². The predicted molar refractivity (Wildman–Crippen MR) is 151 cm³/mol. The van der Waals surface area contributed by atoms with Crippen LogP contribution in [0.15, 0.2) is 65.8 Å². The highest BCUT2D eigenvalue weighted by Gasteiger charge is 2.35. The Morgan fingerprint density at radius 2 is 1.82 bits per heavy atom. The first-order valence-corrected chi connectivity index (χ1v) is 14.9. The molecule has 0 atom stereocenters. The number of amides is 1. The van der Waals surface area contributed by atoms with E-state index in [2.05, 4.69) is 4.98 Å². The lowest BCUT2D eigenvalue weighted by Crippen LogP contribution is -2.44. The minimum atomic E-state index is -3.67. The lowest BCUT2D eigenvalue weighted by Gasteiger charge is -2.33. The number of fused-ring (bicyclic) bond motifs is 1. The van der Waals surface area contributed by atoms with Gasteiger partial charge < -0.3 is 9.47 Å². The van der Waals surface area contributed by atoms with Crippen molar-refractivity contribution in [2.24, 2.45) is 5.92 Å². The second kappa shape index (κ2) is 11.3. The first kappa shape index (κ1) is 27.0. The average molecular weight is 567 g/mol. The van der Waals surface area contributed by atoms with Crippen molar-refractivity contribution in [3.8, 4) is 11.5 Å². The van der Waals surface area contributed by atoms with Crippen molar-refractivity contribution in [2.75, 3.05) is 32.2 Å². The summed E-state index contributed by atoms with van der Waals surface area (Å²) in [6.45, 7) is 2.85. The molecule has 1 aliphatic rings. The van der Waals surface area contributed by atoms with Crippen LogP contribution in [0.4, 0.5) is 5.13 Å². The molecule has 1 amide bonds. The molecule has 11 heteroatoms. The Morgan fingerprint density at radius 3 is 2.46 bits per heavy atom. The van der Waals surface area contributed by atoms with Gasteiger partial charge in [-0.3, -0.25) is 14.7 Å². The second-order valence-corrected chi connectivity index (χ2v) is 12.3. The zero-order valence-electron chi connectivity index (χ0n) is 22.0. The highest BCUT2D eigenvalue weighted by atomic mass is 32.2. The van der Waals surface area contributed by atoms with Gasteiger partial charge in [0.25, 0.3) is 0 Å². The lowest BCUT2D eigenvalue weighted by atomic mass is 9.96. The fourth-order valence-corrected chi connectivity index (χ4v) is 7.28. The number of ether oxygens (including phenoxy) is 2. The minimum Gasteiger partial charge on any atom is -0.497 e. The van der Waals surface area contributed by atoms with E-state index in [1.807, 2.05) is 31.2 Å². The van der Waals surface area contributed by atoms with Crippen molar-refractivity contribution in [1.29, 1.82) is 0 Å². The Morgan fingerprint density at radius 1 is 1.08 bits per heavy atom. The second-order valence-electron chi connectivity index (χ2n) is 9.40. The Kier molecular flexibility index (Phi) is 7.83. The van der Waals surface area contributed by atoms with E-state index in [0.717, 1.165) is 21.3 Å². The lowest BCUT2D eigenvalue weighted by molar-refractivity contribution is -0.123. The number of anilines is 1. The number of hydrogen-bond acceptors (Lipinski definition) is 8. The summed E-state index contributed by atoms with van der Waals surface area (Å²) in [7, 11) is -0.523. The number of carbonyl (C=O) groups is 1. The van der Waals surface area contributed by atoms with Gasteiger partial charge in [0.15, 0.2) is 5.13 Å². The monoisotopic (exact) mass is 566 g/mol. The maximum atomic E-state index is 14.0. The van der Waals surface area contributed by atoms with Crippen molar-refractivity contribution in [1.82, 2.24) is 14.3 Å². The number of piperidine rings is 1. The molecule has 0 aliphatic carbocycles. The molecule has 2 aromatic carbocycles. The molecule has 0 unspecified atom stereocenters. The Bertz CT molecular complexity index is 1570. The van der Waals surface area contributed by atoms with Gasteiger partial charge >= 0.3 is 0 Å². The van der Waals surface area contributed by atoms with Crippen LogP contribution in [0.1, 0.15) is 24.0 Å². The van der Waals surface area contributed by atoms with E-state index in [9.17, 15) is 13.2 Å². The molecule has 3 heterocycles. The molecule has 5 rings (SSSR count). The third kappa shape index (κ3) is 5.47. The standard InChI is InChI=1S/C28H30N4O5S2/c1-19-6-11-24(37-3)25-26(19)38-28(30-25)32(18-20-5-4-14-29-17-20)27(33)21-12-15-31(16-13-21)39(34,35)23-9-7-22(36-2)8-10-23/h4-11,14,17,21H,12-13,15-16,18H2,1-3H3. The van der Waals surface area contributed by atoms with E-state index < -0.39 is 10.0 Å². The number of aryl methyl sites for hydroxylation is 1. The largest absolute Gasteiger partial charge is 0.497 e. The Labute approximate surface area is 232 Å². The maximum Gasteiger partial charge on any atom is 0.243 e. The number of aromatic nitrogens is 2. The molecule has 0 bridgehead atoms. The summed E-state index contributed by atoms with van der Waals surface area (Å²) in [5.41, 5.74) is 2.66. The first-order chi connectivity index (χ1) is 18.8. The average Bonchev–Trinajstić information content (AvgIpc) is 3.43. The molecule has 1 aliphatic heterocycles. The molecule has 1 saturated heterocycles. The van der Waals surface area contributed by atoms with Crippen LogP contribution in [0.3, 0.4) is 0 Å². The molecule has 0 N–H and O–H groups in total. The third-order valence-corrected chi connectivity index (χ3v) is 10.1. The van der Waals surface area contributed by atoms with Crippen LogP contribution >= 0.6 is 11.3 Å². The van der Waals surface area contributed by atoms with Gasteiger partial charge in [0.05, 0.1) is 30.4 Å². The first-order valence-electron chi connectivity index (χ1n) is 12.6. The summed E-state index contributed by atoms with van der Waals surface area (Å²) in [5.74, 6) is 0.841. The van der Waals surface area contributed by atoms with Crippen molar-refractivity contribution in [3.05, 3.63) is 72.1 Å². The van der Waals surface area contributed by atoms with Crippen LogP contribution in [-0.4, -0.2) is 55.9 Å². The van der Waals surface area contributed by atoms with Crippen molar-refractivity contribution in [3.63, 3.8) is 0 Å². The molecule has 0 radical (unpaired) electrons. The van der Waals surface area contributed by atoms with E-state index in [1.165, 1.54) is 22.8 Å². The number of benzene rings is 2.